The minimum absolute atomic E-state index is 0.0320. The maximum Gasteiger partial charge on any atom is 0.411 e. The van der Waals surface area contributed by atoms with Crippen LogP contribution in [0.3, 0.4) is 0 Å². The summed E-state index contributed by atoms with van der Waals surface area (Å²) in [6.45, 7) is -2.07. The van der Waals surface area contributed by atoms with Gasteiger partial charge in [-0.1, -0.05) is 0 Å². The van der Waals surface area contributed by atoms with E-state index in [0.29, 0.717) is 0 Å². The van der Waals surface area contributed by atoms with Crippen LogP contribution in [-0.4, -0.2) is 18.7 Å². The van der Waals surface area contributed by atoms with Crippen molar-refractivity contribution in [3.8, 4) is 0 Å². The number of hydrogen-bond acceptors (Lipinski definition) is 3. The van der Waals surface area contributed by atoms with E-state index in [1.165, 1.54) is 0 Å². The zero-order chi connectivity index (χ0) is 13.8. The molecule has 0 unspecified atom stereocenters. The number of nitrogen functional groups attached to an aromatic ring is 1. The highest BCUT2D eigenvalue weighted by Crippen LogP contribution is 2.17. The van der Waals surface area contributed by atoms with Crippen molar-refractivity contribution in [3.05, 3.63) is 35.1 Å². The van der Waals surface area contributed by atoms with E-state index in [9.17, 15) is 22.4 Å². The van der Waals surface area contributed by atoms with Gasteiger partial charge in [0.05, 0.1) is 6.61 Å². The van der Waals surface area contributed by atoms with Crippen molar-refractivity contribution in [2.24, 2.45) is 5.84 Å². The summed E-state index contributed by atoms with van der Waals surface area (Å²) in [7, 11) is 0. The van der Waals surface area contributed by atoms with Crippen LogP contribution in [0.15, 0.2) is 18.2 Å². The van der Waals surface area contributed by atoms with Gasteiger partial charge in [-0.3, -0.25) is 10.2 Å². The van der Waals surface area contributed by atoms with E-state index in [0.717, 1.165) is 18.2 Å². The molecule has 1 aromatic rings. The molecule has 3 N–H and O–H groups in total. The summed E-state index contributed by atoms with van der Waals surface area (Å²) in [5, 5.41) is 0. The predicted octanol–water partition coefficient (Wildman–Crippen LogP) is 1.51. The number of nitrogens with two attached hydrogens (primary N) is 1. The number of alkyl halides is 3. The van der Waals surface area contributed by atoms with Crippen molar-refractivity contribution in [1.29, 1.82) is 0 Å². The van der Waals surface area contributed by atoms with Gasteiger partial charge in [-0.25, -0.2) is 10.2 Å². The normalized spacial score (nSPS) is 11.4. The number of benzene rings is 1. The van der Waals surface area contributed by atoms with Gasteiger partial charge in [-0.05, 0) is 18.2 Å². The number of amides is 1. The largest absolute Gasteiger partial charge is 0.411 e. The second-order valence-corrected chi connectivity index (χ2v) is 3.39. The molecule has 0 spiro atoms. The second-order valence-electron chi connectivity index (χ2n) is 3.39. The van der Waals surface area contributed by atoms with Crippen LogP contribution in [0.5, 0.6) is 0 Å². The monoisotopic (exact) mass is 266 g/mol. The number of carbonyl (C=O) groups excluding carboxylic acids is 1. The third kappa shape index (κ3) is 4.30. The molecule has 100 valence electrons. The SMILES string of the molecule is NNC(=O)c1ccc(F)c(COCC(F)(F)F)c1. The molecular formula is C10H10F4N2O2. The van der Waals surface area contributed by atoms with Gasteiger partial charge in [0.15, 0.2) is 0 Å². The van der Waals surface area contributed by atoms with E-state index >= 15 is 0 Å². The average Bonchev–Trinajstić information content (AvgIpc) is 2.29. The van der Waals surface area contributed by atoms with Gasteiger partial charge in [0.2, 0.25) is 0 Å². The third-order valence-corrected chi connectivity index (χ3v) is 1.96. The molecule has 0 fully saturated rings. The molecule has 0 bridgehead atoms. The fourth-order valence-corrected chi connectivity index (χ4v) is 1.19. The van der Waals surface area contributed by atoms with Gasteiger partial charge >= 0.3 is 6.18 Å². The number of carbonyl (C=O) groups is 1. The van der Waals surface area contributed by atoms with Gasteiger partial charge in [-0.15, -0.1) is 0 Å². The Bertz CT molecular complexity index is 434. The quantitative estimate of drug-likeness (QED) is 0.376. The van der Waals surface area contributed by atoms with Gasteiger partial charge in [-0.2, -0.15) is 13.2 Å². The first-order valence-corrected chi connectivity index (χ1v) is 4.77. The zero-order valence-electron chi connectivity index (χ0n) is 9.05. The van der Waals surface area contributed by atoms with Crippen LogP contribution >= 0.6 is 0 Å². The van der Waals surface area contributed by atoms with Crippen LogP contribution in [0.4, 0.5) is 17.6 Å². The first-order valence-electron chi connectivity index (χ1n) is 4.77. The Kier molecular flexibility index (Phi) is 4.62. The lowest BCUT2D eigenvalue weighted by Crippen LogP contribution is -2.30. The molecule has 1 aromatic carbocycles. The molecule has 1 rings (SSSR count). The molecular weight excluding hydrogens is 256 g/mol. The summed E-state index contributed by atoms with van der Waals surface area (Å²) in [5.74, 6) is 3.44. The van der Waals surface area contributed by atoms with Gasteiger partial charge in [0.25, 0.3) is 5.91 Å². The molecule has 1 amide bonds. The van der Waals surface area contributed by atoms with Gasteiger partial charge in [0, 0.05) is 11.1 Å². The van der Waals surface area contributed by atoms with Crippen molar-refractivity contribution < 1.29 is 27.1 Å². The maximum atomic E-state index is 13.2. The minimum Gasteiger partial charge on any atom is -0.367 e. The molecule has 8 heteroatoms. The molecule has 0 atom stereocenters. The second kappa shape index (κ2) is 5.78. The van der Waals surface area contributed by atoms with E-state index in [4.69, 9.17) is 5.84 Å². The van der Waals surface area contributed by atoms with Crippen LogP contribution in [-0.2, 0) is 11.3 Å². The van der Waals surface area contributed by atoms with Crippen LogP contribution in [0, 0.1) is 5.82 Å². The van der Waals surface area contributed by atoms with Crippen LogP contribution in [0.25, 0.3) is 0 Å². The highest BCUT2D eigenvalue weighted by molar-refractivity contribution is 5.93. The Labute approximate surface area is 99.7 Å². The molecule has 0 aliphatic rings. The summed E-state index contributed by atoms with van der Waals surface area (Å²) in [5.41, 5.74) is 1.71. The molecule has 0 radical (unpaired) electrons. The Balaban J connectivity index is 2.73. The fourth-order valence-electron chi connectivity index (χ4n) is 1.19. The third-order valence-electron chi connectivity index (χ3n) is 1.96. The molecule has 0 aliphatic carbocycles. The lowest BCUT2D eigenvalue weighted by Gasteiger charge is -2.09. The topological polar surface area (TPSA) is 64.3 Å². The summed E-state index contributed by atoms with van der Waals surface area (Å²) in [6, 6.07) is 3.19. The molecule has 0 saturated carbocycles. The van der Waals surface area contributed by atoms with Gasteiger partial charge < -0.3 is 4.74 Å². The smallest absolute Gasteiger partial charge is 0.367 e. The van der Waals surface area contributed by atoms with Crippen LogP contribution in [0.1, 0.15) is 15.9 Å². The Hall–Kier alpha value is -1.67. The molecule has 4 nitrogen and oxygen atoms in total. The Morgan fingerprint density at radius 3 is 2.61 bits per heavy atom. The maximum absolute atomic E-state index is 13.2. The zero-order valence-corrected chi connectivity index (χ0v) is 9.05. The van der Waals surface area contributed by atoms with Gasteiger partial charge in [0.1, 0.15) is 12.4 Å². The molecule has 0 aromatic heterocycles. The highest BCUT2D eigenvalue weighted by atomic mass is 19.4. The van der Waals surface area contributed by atoms with Crippen molar-refractivity contribution in [1.82, 2.24) is 5.43 Å². The average molecular weight is 266 g/mol. The summed E-state index contributed by atoms with van der Waals surface area (Å²) in [6.07, 6.45) is -4.48. The van der Waals surface area contributed by atoms with E-state index in [1.54, 1.807) is 0 Å². The lowest BCUT2D eigenvalue weighted by atomic mass is 10.1. The van der Waals surface area contributed by atoms with Crippen molar-refractivity contribution in [2.75, 3.05) is 6.61 Å². The lowest BCUT2D eigenvalue weighted by molar-refractivity contribution is -0.176. The number of hydrazine groups is 1. The van der Waals surface area contributed by atoms with Crippen LogP contribution < -0.4 is 11.3 Å². The standard InChI is InChI=1S/C10H10F4N2O2/c11-8-2-1-6(9(17)16-15)3-7(8)4-18-5-10(12,13)14/h1-3H,4-5,15H2,(H,16,17). The van der Waals surface area contributed by atoms with E-state index < -0.39 is 31.1 Å². The van der Waals surface area contributed by atoms with E-state index in [1.807, 2.05) is 5.43 Å². The predicted molar refractivity (Wildman–Crippen MR) is 53.8 cm³/mol. The summed E-state index contributed by atoms with van der Waals surface area (Å²) >= 11 is 0. The van der Waals surface area contributed by atoms with Crippen molar-refractivity contribution >= 4 is 5.91 Å². The first-order chi connectivity index (χ1) is 8.33. The Morgan fingerprint density at radius 2 is 2.06 bits per heavy atom. The molecule has 0 saturated heterocycles. The molecule has 18 heavy (non-hydrogen) atoms. The number of rotatable bonds is 4. The number of nitrogens with one attached hydrogen (secondary N) is 1. The number of hydrogen-bond donors (Lipinski definition) is 2. The van der Waals surface area contributed by atoms with Crippen LogP contribution in [0.2, 0.25) is 0 Å². The van der Waals surface area contributed by atoms with E-state index in [-0.39, 0.29) is 11.1 Å². The fraction of sp³-hybridized carbons (Fsp3) is 0.300. The van der Waals surface area contributed by atoms with Crippen molar-refractivity contribution in [2.45, 2.75) is 12.8 Å². The number of halogens is 4. The molecule has 0 aliphatic heterocycles. The highest BCUT2D eigenvalue weighted by Gasteiger charge is 2.27. The summed E-state index contributed by atoms with van der Waals surface area (Å²) in [4.78, 5) is 11.1. The first kappa shape index (κ1) is 14.4. The minimum atomic E-state index is -4.48. The number of ether oxygens (including phenoxy) is 1. The van der Waals surface area contributed by atoms with E-state index in [2.05, 4.69) is 4.74 Å². The summed E-state index contributed by atoms with van der Waals surface area (Å²) < 4.78 is 53.0. The molecule has 0 heterocycles. The Morgan fingerprint density at radius 1 is 1.39 bits per heavy atom. The van der Waals surface area contributed by atoms with Crippen molar-refractivity contribution in [3.63, 3.8) is 0 Å².